The summed E-state index contributed by atoms with van der Waals surface area (Å²) in [4.78, 5) is 14.4. The number of carbonyl (C=O) groups is 1. The summed E-state index contributed by atoms with van der Waals surface area (Å²) in [6.45, 7) is 2.98. The van der Waals surface area contributed by atoms with Crippen LogP contribution in [0.1, 0.15) is 33.8 Å². The Kier molecular flexibility index (Phi) is 3.11. The summed E-state index contributed by atoms with van der Waals surface area (Å²) in [6.07, 6.45) is 1.67. The highest BCUT2D eigenvalue weighted by molar-refractivity contribution is 7.10. The van der Waals surface area contributed by atoms with Crippen LogP contribution in [0.5, 0.6) is 0 Å². The maximum Gasteiger partial charge on any atom is 0.150 e. The largest absolute Gasteiger partial charge is 0.364 e. The standard InChI is InChI=1S/C15H14FNOS/c1-10-14-3-5-19-15(14)2-4-17(10)13-7-11(9-18)6-12(16)8-13/h3,5-10H,2,4H2,1H3. The van der Waals surface area contributed by atoms with Gasteiger partial charge in [-0.2, -0.15) is 0 Å². The molecule has 1 aromatic heterocycles. The first kappa shape index (κ1) is 12.4. The van der Waals surface area contributed by atoms with Gasteiger partial charge in [0.25, 0.3) is 0 Å². The molecule has 3 rings (SSSR count). The second-order valence-corrected chi connectivity index (χ2v) is 5.78. The van der Waals surface area contributed by atoms with E-state index in [0.717, 1.165) is 18.7 Å². The minimum Gasteiger partial charge on any atom is -0.364 e. The van der Waals surface area contributed by atoms with Crippen LogP contribution in [0.4, 0.5) is 10.1 Å². The molecule has 0 amide bonds. The summed E-state index contributed by atoms with van der Waals surface area (Å²) in [7, 11) is 0. The Labute approximate surface area is 115 Å². The van der Waals surface area contributed by atoms with Gasteiger partial charge in [-0.15, -0.1) is 11.3 Å². The number of halogens is 1. The first-order valence-corrected chi connectivity index (χ1v) is 7.15. The van der Waals surface area contributed by atoms with E-state index in [-0.39, 0.29) is 11.9 Å². The Hall–Kier alpha value is -1.68. The molecule has 0 radical (unpaired) electrons. The zero-order valence-electron chi connectivity index (χ0n) is 10.6. The van der Waals surface area contributed by atoms with Gasteiger partial charge in [0, 0.05) is 22.7 Å². The molecular weight excluding hydrogens is 261 g/mol. The fraction of sp³-hybridized carbons (Fsp3) is 0.267. The van der Waals surface area contributed by atoms with E-state index < -0.39 is 0 Å². The van der Waals surface area contributed by atoms with Gasteiger partial charge in [-0.1, -0.05) is 0 Å². The first-order chi connectivity index (χ1) is 9.19. The number of anilines is 1. The van der Waals surface area contributed by atoms with Crippen molar-refractivity contribution in [3.63, 3.8) is 0 Å². The van der Waals surface area contributed by atoms with Crippen molar-refractivity contribution in [3.8, 4) is 0 Å². The fourth-order valence-corrected chi connectivity index (χ4v) is 3.66. The lowest BCUT2D eigenvalue weighted by Gasteiger charge is -2.35. The Morgan fingerprint density at radius 1 is 1.42 bits per heavy atom. The van der Waals surface area contributed by atoms with Crippen LogP contribution in [0.2, 0.25) is 0 Å². The number of nitrogens with zero attached hydrogens (tertiary/aromatic N) is 1. The molecule has 0 spiro atoms. The monoisotopic (exact) mass is 275 g/mol. The van der Waals surface area contributed by atoms with Crippen molar-refractivity contribution in [3.05, 3.63) is 51.5 Å². The molecule has 2 aromatic rings. The van der Waals surface area contributed by atoms with Crippen LogP contribution in [0.3, 0.4) is 0 Å². The zero-order chi connectivity index (χ0) is 13.4. The predicted octanol–water partition coefficient (Wildman–Crippen LogP) is 3.82. The number of hydrogen-bond acceptors (Lipinski definition) is 3. The maximum absolute atomic E-state index is 13.5. The molecule has 1 aliphatic heterocycles. The van der Waals surface area contributed by atoms with E-state index in [2.05, 4.69) is 23.3 Å². The van der Waals surface area contributed by atoms with Crippen molar-refractivity contribution in [2.75, 3.05) is 11.4 Å². The number of rotatable bonds is 2. The predicted molar refractivity (Wildman–Crippen MR) is 75.6 cm³/mol. The Morgan fingerprint density at radius 2 is 2.26 bits per heavy atom. The number of benzene rings is 1. The molecule has 19 heavy (non-hydrogen) atoms. The molecular formula is C15H14FNOS. The molecule has 0 bridgehead atoms. The van der Waals surface area contributed by atoms with Crippen LogP contribution in [0.25, 0.3) is 0 Å². The quantitative estimate of drug-likeness (QED) is 0.776. The molecule has 1 unspecified atom stereocenters. The van der Waals surface area contributed by atoms with Gasteiger partial charge in [0.05, 0.1) is 6.04 Å². The molecule has 1 atom stereocenters. The summed E-state index contributed by atoms with van der Waals surface area (Å²) < 4.78 is 13.5. The molecule has 0 N–H and O–H groups in total. The highest BCUT2D eigenvalue weighted by Crippen LogP contribution is 2.36. The van der Waals surface area contributed by atoms with Gasteiger partial charge < -0.3 is 4.90 Å². The van der Waals surface area contributed by atoms with Crippen LogP contribution in [0.15, 0.2) is 29.6 Å². The Balaban J connectivity index is 1.99. The Morgan fingerprint density at radius 3 is 3.05 bits per heavy atom. The first-order valence-electron chi connectivity index (χ1n) is 6.27. The average Bonchev–Trinajstić information content (AvgIpc) is 2.87. The van der Waals surface area contributed by atoms with E-state index in [1.54, 1.807) is 17.4 Å². The Bertz CT molecular complexity index is 622. The SMILES string of the molecule is CC1c2ccsc2CCN1c1cc(F)cc(C=O)c1. The van der Waals surface area contributed by atoms with Crippen LogP contribution in [-0.2, 0) is 6.42 Å². The van der Waals surface area contributed by atoms with E-state index in [9.17, 15) is 9.18 Å². The minimum atomic E-state index is -0.358. The summed E-state index contributed by atoms with van der Waals surface area (Å²) in [5.41, 5.74) is 2.48. The summed E-state index contributed by atoms with van der Waals surface area (Å²) in [5.74, 6) is -0.358. The molecule has 1 aliphatic rings. The van der Waals surface area contributed by atoms with Crippen molar-refractivity contribution >= 4 is 23.3 Å². The minimum absolute atomic E-state index is 0.219. The number of thiophene rings is 1. The van der Waals surface area contributed by atoms with Crippen LogP contribution < -0.4 is 4.90 Å². The molecule has 0 saturated heterocycles. The number of fused-ring (bicyclic) bond motifs is 1. The van der Waals surface area contributed by atoms with Crippen LogP contribution >= 0.6 is 11.3 Å². The van der Waals surface area contributed by atoms with Gasteiger partial charge >= 0.3 is 0 Å². The third kappa shape index (κ3) is 2.16. The smallest absolute Gasteiger partial charge is 0.150 e. The summed E-state index contributed by atoms with van der Waals surface area (Å²) in [6, 6.07) is 6.87. The molecule has 0 fully saturated rings. The number of hydrogen-bond donors (Lipinski definition) is 0. The number of carbonyl (C=O) groups excluding carboxylic acids is 1. The third-order valence-electron chi connectivity index (χ3n) is 3.65. The van der Waals surface area contributed by atoms with E-state index in [1.165, 1.54) is 22.6 Å². The van der Waals surface area contributed by atoms with Crippen LogP contribution in [-0.4, -0.2) is 12.8 Å². The molecule has 4 heteroatoms. The van der Waals surface area contributed by atoms with Gasteiger partial charge in [-0.25, -0.2) is 4.39 Å². The molecule has 1 aromatic carbocycles. The molecule has 0 aliphatic carbocycles. The van der Waals surface area contributed by atoms with Gasteiger partial charge in [0.15, 0.2) is 0 Å². The van der Waals surface area contributed by atoms with Gasteiger partial charge in [-0.05, 0) is 48.6 Å². The van der Waals surface area contributed by atoms with Gasteiger partial charge in [0.1, 0.15) is 12.1 Å². The lowest BCUT2D eigenvalue weighted by molar-refractivity contribution is 0.112. The van der Waals surface area contributed by atoms with E-state index in [0.29, 0.717) is 11.8 Å². The van der Waals surface area contributed by atoms with Crippen molar-refractivity contribution in [1.29, 1.82) is 0 Å². The maximum atomic E-state index is 13.5. The highest BCUT2D eigenvalue weighted by atomic mass is 32.1. The van der Waals surface area contributed by atoms with E-state index >= 15 is 0 Å². The van der Waals surface area contributed by atoms with Crippen LogP contribution in [0, 0.1) is 5.82 Å². The highest BCUT2D eigenvalue weighted by Gasteiger charge is 2.25. The number of aldehydes is 1. The second-order valence-electron chi connectivity index (χ2n) is 4.78. The van der Waals surface area contributed by atoms with Crippen molar-refractivity contribution in [2.24, 2.45) is 0 Å². The summed E-state index contributed by atoms with van der Waals surface area (Å²) >= 11 is 1.78. The van der Waals surface area contributed by atoms with Gasteiger partial charge in [0.2, 0.25) is 0 Å². The molecule has 2 heterocycles. The van der Waals surface area contributed by atoms with E-state index in [4.69, 9.17) is 0 Å². The van der Waals surface area contributed by atoms with E-state index in [1.807, 2.05) is 0 Å². The summed E-state index contributed by atoms with van der Waals surface area (Å²) in [5, 5.41) is 2.10. The van der Waals surface area contributed by atoms with Gasteiger partial charge in [-0.3, -0.25) is 4.79 Å². The molecule has 0 saturated carbocycles. The second kappa shape index (κ2) is 4.78. The van der Waals surface area contributed by atoms with Crippen molar-refractivity contribution < 1.29 is 9.18 Å². The molecule has 98 valence electrons. The molecule has 2 nitrogen and oxygen atoms in total. The average molecular weight is 275 g/mol. The van der Waals surface area contributed by atoms with Crippen molar-refractivity contribution in [1.82, 2.24) is 0 Å². The lowest BCUT2D eigenvalue weighted by atomic mass is 10.0. The normalized spacial score (nSPS) is 18.2. The van der Waals surface area contributed by atoms with Crippen molar-refractivity contribution in [2.45, 2.75) is 19.4 Å². The zero-order valence-corrected chi connectivity index (χ0v) is 11.4. The fourth-order valence-electron chi connectivity index (χ4n) is 2.69. The lowest BCUT2D eigenvalue weighted by Crippen LogP contribution is -2.33. The topological polar surface area (TPSA) is 20.3 Å². The third-order valence-corrected chi connectivity index (χ3v) is 4.65.